The van der Waals surface area contributed by atoms with Gasteiger partial charge in [0.2, 0.25) is 11.8 Å². The van der Waals surface area contributed by atoms with Crippen LogP contribution in [-0.4, -0.2) is 11.8 Å². The van der Waals surface area contributed by atoms with Gasteiger partial charge in [-0.3, -0.25) is 9.59 Å². The average Bonchev–Trinajstić information content (AvgIpc) is 2.87. The minimum absolute atomic E-state index is 0.139. The summed E-state index contributed by atoms with van der Waals surface area (Å²) in [6.45, 7) is 0. The molecular weight excluding hydrogens is 300 g/mol. The molecular formula is C20H20N2O2. The van der Waals surface area contributed by atoms with Crippen LogP contribution in [-0.2, 0) is 10.2 Å². The van der Waals surface area contributed by atoms with Crippen LogP contribution < -0.4 is 11.1 Å². The maximum Gasteiger partial charge on any atom is 0.248 e. The Morgan fingerprint density at radius 1 is 1.00 bits per heavy atom. The van der Waals surface area contributed by atoms with Crippen molar-refractivity contribution in [3.63, 3.8) is 0 Å². The minimum atomic E-state index is -0.438. The van der Waals surface area contributed by atoms with E-state index in [0.29, 0.717) is 5.56 Å². The summed E-state index contributed by atoms with van der Waals surface area (Å²) in [5, 5.41) is 3.07. The number of carbonyl (C=O) groups is 2. The minimum Gasteiger partial charge on any atom is -0.366 e. The van der Waals surface area contributed by atoms with Crippen LogP contribution in [0.15, 0.2) is 42.5 Å². The maximum atomic E-state index is 12.6. The number of fused-ring (bicyclic) bond motifs is 2. The number of primary amides is 1. The van der Waals surface area contributed by atoms with E-state index in [0.717, 1.165) is 48.1 Å². The molecule has 0 unspecified atom stereocenters. The standard InChI is InChI=1S/C20H20N2O2/c21-18(23)15-6-4-5-13(11-15)14-7-8-16-17(12-14)22-19(24)20(16)9-2-1-3-10-20/h4-8,11-12H,1-3,9-10H2,(H2,21,23)(H,22,24). The lowest BCUT2D eigenvalue weighted by atomic mass is 9.70. The van der Waals surface area contributed by atoms with Gasteiger partial charge in [-0.15, -0.1) is 0 Å². The third kappa shape index (κ3) is 2.21. The lowest BCUT2D eigenvalue weighted by Crippen LogP contribution is -2.36. The van der Waals surface area contributed by atoms with Crippen LogP contribution in [0.5, 0.6) is 0 Å². The number of benzene rings is 2. The van der Waals surface area contributed by atoms with E-state index in [2.05, 4.69) is 11.4 Å². The highest BCUT2D eigenvalue weighted by Crippen LogP contribution is 2.48. The van der Waals surface area contributed by atoms with E-state index in [1.807, 2.05) is 24.3 Å². The molecule has 1 aliphatic heterocycles. The van der Waals surface area contributed by atoms with E-state index in [-0.39, 0.29) is 11.3 Å². The number of hydrogen-bond acceptors (Lipinski definition) is 2. The van der Waals surface area contributed by atoms with Crippen LogP contribution in [0.25, 0.3) is 11.1 Å². The van der Waals surface area contributed by atoms with E-state index < -0.39 is 5.91 Å². The molecule has 4 nitrogen and oxygen atoms in total. The number of nitrogens with two attached hydrogens (primary N) is 1. The summed E-state index contributed by atoms with van der Waals surface area (Å²) in [7, 11) is 0. The van der Waals surface area contributed by atoms with Crippen molar-refractivity contribution in [1.29, 1.82) is 0 Å². The van der Waals surface area contributed by atoms with Gasteiger partial charge in [0, 0.05) is 11.3 Å². The smallest absolute Gasteiger partial charge is 0.248 e. The fraction of sp³-hybridized carbons (Fsp3) is 0.300. The van der Waals surface area contributed by atoms with Crippen molar-refractivity contribution >= 4 is 17.5 Å². The van der Waals surface area contributed by atoms with Crippen molar-refractivity contribution in [2.24, 2.45) is 5.73 Å². The molecule has 2 aliphatic rings. The van der Waals surface area contributed by atoms with Crippen molar-refractivity contribution in [1.82, 2.24) is 0 Å². The van der Waals surface area contributed by atoms with Crippen LogP contribution in [0, 0.1) is 0 Å². The number of nitrogens with one attached hydrogen (secondary N) is 1. The average molecular weight is 320 g/mol. The highest BCUT2D eigenvalue weighted by Gasteiger charge is 2.46. The van der Waals surface area contributed by atoms with E-state index in [4.69, 9.17) is 5.73 Å². The Kier molecular flexibility index (Phi) is 3.41. The Morgan fingerprint density at radius 3 is 2.50 bits per heavy atom. The molecule has 24 heavy (non-hydrogen) atoms. The first-order chi connectivity index (χ1) is 11.6. The van der Waals surface area contributed by atoms with Crippen LogP contribution in [0.3, 0.4) is 0 Å². The molecule has 2 aromatic carbocycles. The molecule has 3 N–H and O–H groups in total. The normalized spacial score (nSPS) is 18.2. The zero-order valence-corrected chi connectivity index (χ0v) is 13.5. The fourth-order valence-corrected chi connectivity index (χ4v) is 4.11. The fourth-order valence-electron chi connectivity index (χ4n) is 4.11. The second-order valence-electron chi connectivity index (χ2n) is 6.80. The largest absolute Gasteiger partial charge is 0.366 e. The third-order valence-electron chi connectivity index (χ3n) is 5.41. The van der Waals surface area contributed by atoms with Crippen molar-refractivity contribution in [3.05, 3.63) is 53.6 Å². The summed E-state index contributed by atoms with van der Waals surface area (Å²) in [6, 6.07) is 13.4. The van der Waals surface area contributed by atoms with E-state index in [1.165, 1.54) is 6.42 Å². The van der Waals surface area contributed by atoms with E-state index in [1.54, 1.807) is 12.1 Å². The second-order valence-corrected chi connectivity index (χ2v) is 6.80. The van der Waals surface area contributed by atoms with Crippen molar-refractivity contribution in [3.8, 4) is 11.1 Å². The lowest BCUT2D eigenvalue weighted by Gasteiger charge is -2.31. The molecule has 0 radical (unpaired) electrons. The Labute approximate surface area is 141 Å². The van der Waals surface area contributed by atoms with Gasteiger partial charge in [0.15, 0.2) is 0 Å². The van der Waals surface area contributed by atoms with Crippen LogP contribution in [0.1, 0.15) is 48.0 Å². The summed E-state index contributed by atoms with van der Waals surface area (Å²) in [5.41, 5.74) is 9.46. The van der Waals surface area contributed by atoms with Gasteiger partial charge in [-0.2, -0.15) is 0 Å². The van der Waals surface area contributed by atoms with E-state index >= 15 is 0 Å². The summed E-state index contributed by atoms with van der Waals surface area (Å²) in [4.78, 5) is 24.0. The zero-order valence-electron chi connectivity index (χ0n) is 13.5. The molecule has 0 saturated heterocycles. The first kappa shape index (κ1) is 14.9. The predicted octanol–water partition coefficient (Wildman–Crippen LogP) is 3.61. The summed E-state index contributed by atoms with van der Waals surface area (Å²) in [6.07, 6.45) is 5.29. The number of amides is 2. The molecule has 2 amide bonds. The SMILES string of the molecule is NC(=O)c1cccc(-c2ccc3c(c2)NC(=O)C32CCCCC2)c1. The van der Waals surface area contributed by atoms with Crippen molar-refractivity contribution < 1.29 is 9.59 Å². The monoisotopic (exact) mass is 320 g/mol. The summed E-state index contributed by atoms with van der Waals surface area (Å²) in [5.74, 6) is -0.298. The van der Waals surface area contributed by atoms with Gasteiger partial charge >= 0.3 is 0 Å². The molecule has 122 valence electrons. The number of anilines is 1. The molecule has 1 heterocycles. The van der Waals surface area contributed by atoms with Crippen LogP contribution in [0.4, 0.5) is 5.69 Å². The van der Waals surface area contributed by atoms with Gasteiger partial charge in [0.05, 0.1) is 5.41 Å². The number of rotatable bonds is 2. The molecule has 4 rings (SSSR count). The van der Waals surface area contributed by atoms with Crippen LogP contribution >= 0.6 is 0 Å². The molecule has 1 fully saturated rings. The molecule has 0 aromatic heterocycles. The zero-order chi connectivity index (χ0) is 16.7. The van der Waals surface area contributed by atoms with Gasteiger partial charge in [-0.1, -0.05) is 43.5 Å². The quantitative estimate of drug-likeness (QED) is 0.887. The molecule has 0 bridgehead atoms. The van der Waals surface area contributed by atoms with Gasteiger partial charge in [0.1, 0.15) is 0 Å². The molecule has 1 saturated carbocycles. The predicted molar refractivity (Wildman–Crippen MR) is 93.8 cm³/mol. The first-order valence-electron chi connectivity index (χ1n) is 8.46. The number of hydrogen-bond donors (Lipinski definition) is 2. The molecule has 1 aliphatic carbocycles. The first-order valence-corrected chi connectivity index (χ1v) is 8.46. The lowest BCUT2D eigenvalue weighted by molar-refractivity contribution is -0.121. The Bertz CT molecular complexity index is 835. The third-order valence-corrected chi connectivity index (χ3v) is 5.41. The van der Waals surface area contributed by atoms with Gasteiger partial charge in [-0.05, 0) is 47.7 Å². The maximum absolute atomic E-state index is 12.6. The molecule has 1 spiro atoms. The van der Waals surface area contributed by atoms with Gasteiger partial charge < -0.3 is 11.1 Å². The van der Waals surface area contributed by atoms with Crippen molar-refractivity contribution in [2.45, 2.75) is 37.5 Å². The highest BCUT2D eigenvalue weighted by atomic mass is 16.2. The Balaban J connectivity index is 1.75. The van der Waals surface area contributed by atoms with Gasteiger partial charge in [0.25, 0.3) is 0 Å². The van der Waals surface area contributed by atoms with E-state index in [9.17, 15) is 9.59 Å². The summed E-state index contributed by atoms with van der Waals surface area (Å²) >= 11 is 0. The van der Waals surface area contributed by atoms with Crippen molar-refractivity contribution in [2.75, 3.05) is 5.32 Å². The summed E-state index contributed by atoms with van der Waals surface area (Å²) < 4.78 is 0. The molecule has 2 aromatic rings. The molecule has 4 heteroatoms. The highest BCUT2D eigenvalue weighted by molar-refractivity contribution is 6.07. The van der Waals surface area contributed by atoms with Gasteiger partial charge in [-0.25, -0.2) is 0 Å². The Morgan fingerprint density at radius 2 is 1.75 bits per heavy atom. The van der Waals surface area contributed by atoms with Crippen LogP contribution in [0.2, 0.25) is 0 Å². The number of carbonyl (C=O) groups excluding carboxylic acids is 2. The topological polar surface area (TPSA) is 72.2 Å². The molecule has 0 atom stereocenters. The Hall–Kier alpha value is -2.62. The second kappa shape index (κ2) is 5.48.